The monoisotopic (exact) mass is 356 g/mol. The van der Waals surface area contributed by atoms with E-state index in [4.69, 9.17) is 4.74 Å². The topological polar surface area (TPSA) is 43.4 Å². The summed E-state index contributed by atoms with van der Waals surface area (Å²) in [6.07, 6.45) is 14.0. The van der Waals surface area contributed by atoms with Gasteiger partial charge in [-0.15, -0.1) is 0 Å². The van der Waals surface area contributed by atoms with Gasteiger partial charge < -0.3 is 4.74 Å². The number of ether oxygens (including phenoxy) is 1. The number of carbonyl (C=O) groups is 2. The number of rotatable bonds is 2. The van der Waals surface area contributed by atoms with Crippen molar-refractivity contribution in [1.29, 1.82) is 0 Å². The first kappa shape index (κ1) is 18.0. The minimum absolute atomic E-state index is 0.0152. The number of hydrogen-bond donors (Lipinski definition) is 0. The lowest BCUT2D eigenvalue weighted by Crippen LogP contribution is -2.44. The molecule has 1 heterocycles. The van der Waals surface area contributed by atoms with E-state index in [0.29, 0.717) is 24.5 Å². The van der Waals surface area contributed by atoms with Crippen molar-refractivity contribution in [3.05, 3.63) is 23.3 Å². The summed E-state index contributed by atoms with van der Waals surface area (Å²) >= 11 is 0. The smallest absolute Gasteiger partial charge is 0.306 e. The van der Waals surface area contributed by atoms with E-state index in [-0.39, 0.29) is 22.4 Å². The molecule has 1 saturated heterocycles. The first-order valence-corrected chi connectivity index (χ1v) is 10.4. The van der Waals surface area contributed by atoms with E-state index in [1.165, 1.54) is 11.1 Å². The van der Waals surface area contributed by atoms with Crippen LogP contribution in [0.5, 0.6) is 0 Å². The highest BCUT2D eigenvalue weighted by molar-refractivity contribution is 5.92. The van der Waals surface area contributed by atoms with Gasteiger partial charge in [-0.3, -0.25) is 9.59 Å². The van der Waals surface area contributed by atoms with Crippen LogP contribution in [-0.2, 0) is 14.3 Å². The molecule has 0 aromatic rings. The van der Waals surface area contributed by atoms with E-state index in [1.54, 1.807) is 0 Å². The van der Waals surface area contributed by atoms with Crippen LogP contribution in [-0.4, -0.2) is 17.4 Å². The summed E-state index contributed by atoms with van der Waals surface area (Å²) in [5.41, 5.74) is 2.70. The summed E-state index contributed by atoms with van der Waals surface area (Å²) < 4.78 is 5.96. The zero-order valence-electron chi connectivity index (χ0n) is 16.5. The molecule has 4 aliphatic rings. The van der Waals surface area contributed by atoms with Crippen LogP contribution in [0.2, 0.25) is 0 Å². The third-order valence-electron chi connectivity index (χ3n) is 8.44. The Balaban J connectivity index is 1.63. The van der Waals surface area contributed by atoms with Gasteiger partial charge >= 0.3 is 5.97 Å². The first-order valence-electron chi connectivity index (χ1n) is 10.4. The lowest BCUT2D eigenvalue weighted by Gasteiger charge is -2.44. The number of hydrogen-bond acceptors (Lipinski definition) is 3. The van der Waals surface area contributed by atoms with Crippen LogP contribution in [0, 0.1) is 16.7 Å². The Kier molecular flexibility index (Phi) is 4.20. The van der Waals surface area contributed by atoms with Crippen molar-refractivity contribution in [2.24, 2.45) is 16.7 Å². The molecule has 4 rings (SSSR count). The van der Waals surface area contributed by atoms with E-state index in [2.05, 4.69) is 26.8 Å². The van der Waals surface area contributed by atoms with Crippen molar-refractivity contribution in [2.45, 2.75) is 90.6 Å². The number of fused-ring (bicyclic) bond motifs is 1. The van der Waals surface area contributed by atoms with Crippen LogP contribution in [0.3, 0.4) is 0 Å². The van der Waals surface area contributed by atoms with Gasteiger partial charge in [0.05, 0.1) is 0 Å². The average Bonchev–Trinajstić information content (AvgIpc) is 3.10. The highest BCUT2D eigenvalue weighted by Crippen LogP contribution is 2.59. The van der Waals surface area contributed by atoms with Gasteiger partial charge in [0, 0.05) is 23.7 Å². The highest BCUT2D eigenvalue weighted by atomic mass is 16.6. The fraction of sp³-hybridized carbons (Fsp3) is 0.739. The number of ketones is 1. The maximum atomic E-state index is 11.9. The largest absolute Gasteiger partial charge is 0.458 e. The molecule has 0 amide bonds. The third-order valence-corrected chi connectivity index (χ3v) is 8.44. The molecule has 26 heavy (non-hydrogen) atoms. The molecule has 3 aliphatic carbocycles. The van der Waals surface area contributed by atoms with Crippen molar-refractivity contribution in [1.82, 2.24) is 0 Å². The molecule has 0 bridgehead atoms. The minimum Gasteiger partial charge on any atom is -0.458 e. The molecule has 0 aromatic carbocycles. The number of carbonyl (C=O) groups excluding carboxylic acids is 2. The predicted molar refractivity (Wildman–Crippen MR) is 102 cm³/mol. The van der Waals surface area contributed by atoms with Gasteiger partial charge in [0.25, 0.3) is 0 Å². The molecule has 142 valence electrons. The Labute approximate surface area is 157 Å². The van der Waals surface area contributed by atoms with Gasteiger partial charge in [0.15, 0.2) is 5.78 Å². The van der Waals surface area contributed by atoms with Gasteiger partial charge in [0.2, 0.25) is 0 Å². The van der Waals surface area contributed by atoms with E-state index in [0.717, 1.165) is 51.4 Å². The van der Waals surface area contributed by atoms with Gasteiger partial charge in [-0.05, 0) is 63.4 Å². The molecule has 0 aromatic heterocycles. The Hall–Kier alpha value is -1.38. The molecule has 3 heteroatoms. The van der Waals surface area contributed by atoms with Crippen molar-refractivity contribution in [2.75, 3.05) is 0 Å². The summed E-state index contributed by atoms with van der Waals surface area (Å²) in [4.78, 5) is 23.8. The molecule has 3 unspecified atom stereocenters. The van der Waals surface area contributed by atoms with Gasteiger partial charge in [-0.25, -0.2) is 0 Å². The second-order valence-corrected chi connectivity index (χ2v) is 9.58. The minimum atomic E-state index is -0.253. The molecule has 0 N–H and O–H groups in total. The molecule has 2 saturated carbocycles. The fourth-order valence-electron chi connectivity index (χ4n) is 6.17. The van der Waals surface area contributed by atoms with Crippen LogP contribution in [0.1, 0.15) is 85.0 Å². The SMILES string of the molecule is CC1CC[C@@]2(CCC(=O)O2)C1(C)CC=C1CCCC2=CC(=O)CCC12C. The van der Waals surface area contributed by atoms with E-state index < -0.39 is 0 Å². The zero-order chi connectivity index (χ0) is 18.6. The van der Waals surface area contributed by atoms with Crippen molar-refractivity contribution < 1.29 is 14.3 Å². The maximum Gasteiger partial charge on any atom is 0.306 e. The third kappa shape index (κ3) is 2.53. The molecule has 3 nitrogen and oxygen atoms in total. The Morgan fingerprint density at radius 1 is 1.12 bits per heavy atom. The first-order chi connectivity index (χ1) is 12.3. The standard InChI is InChI=1S/C23H32O3/c1-16-7-13-23(14-10-20(25)26-23)22(16,3)12-8-17-5-4-6-18-15-19(24)9-11-21(17,18)2/h8,15-16H,4-7,9-14H2,1-3H3/t16?,21?,22?,23-/m1/s1. The van der Waals surface area contributed by atoms with Crippen molar-refractivity contribution >= 4 is 11.8 Å². The van der Waals surface area contributed by atoms with Crippen LogP contribution in [0.25, 0.3) is 0 Å². The summed E-state index contributed by atoms with van der Waals surface area (Å²) in [6.45, 7) is 7.00. The molecule has 0 radical (unpaired) electrons. The van der Waals surface area contributed by atoms with Gasteiger partial charge in [-0.1, -0.05) is 38.0 Å². The van der Waals surface area contributed by atoms with Crippen LogP contribution >= 0.6 is 0 Å². The average molecular weight is 357 g/mol. The molecular weight excluding hydrogens is 324 g/mol. The lowest BCUT2D eigenvalue weighted by atomic mass is 9.61. The second kappa shape index (κ2) is 6.07. The van der Waals surface area contributed by atoms with Gasteiger partial charge in [0.1, 0.15) is 5.60 Å². The van der Waals surface area contributed by atoms with E-state index in [1.807, 2.05) is 6.08 Å². The number of allylic oxidation sites excluding steroid dienone is 4. The molecule has 1 spiro atoms. The second-order valence-electron chi connectivity index (χ2n) is 9.58. The summed E-state index contributed by atoms with van der Waals surface area (Å²) in [5, 5.41) is 0. The molecular formula is C23H32O3. The van der Waals surface area contributed by atoms with Gasteiger partial charge in [-0.2, -0.15) is 0 Å². The predicted octanol–water partition coefficient (Wildman–Crippen LogP) is 5.29. The Bertz CT molecular complexity index is 702. The highest BCUT2D eigenvalue weighted by Gasteiger charge is 2.60. The summed E-state index contributed by atoms with van der Waals surface area (Å²) in [7, 11) is 0. The van der Waals surface area contributed by atoms with Crippen LogP contribution < -0.4 is 0 Å². The molecule has 4 atom stereocenters. The normalized spacial score (nSPS) is 44.3. The Morgan fingerprint density at radius 3 is 2.65 bits per heavy atom. The van der Waals surface area contributed by atoms with Crippen molar-refractivity contribution in [3.8, 4) is 0 Å². The number of esters is 1. The van der Waals surface area contributed by atoms with Crippen molar-refractivity contribution in [3.63, 3.8) is 0 Å². The zero-order valence-corrected chi connectivity index (χ0v) is 16.5. The van der Waals surface area contributed by atoms with Crippen LogP contribution in [0.4, 0.5) is 0 Å². The van der Waals surface area contributed by atoms with E-state index >= 15 is 0 Å². The van der Waals surface area contributed by atoms with E-state index in [9.17, 15) is 9.59 Å². The molecule has 1 aliphatic heterocycles. The summed E-state index contributed by atoms with van der Waals surface area (Å²) in [5.74, 6) is 0.843. The fourth-order valence-corrected chi connectivity index (χ4v) is 6.17. The molecule has 3 fully saturated rings. The quantitative estimate of drug-likeness (QED) is 0.498. The van der Waals surface area contributed by atoms with Crippen LogP contribution in [0.15, 0.2) is 23.3 Å². The maximum absolute atomic E-state index is 11.9. The lowest BCUT2D eigenvalue weighted by molar-refractivity contribution is -0.158. The summed E-state index contributed by atoms with van der Waals surface area (Å²) in [6, 6.07) is 0. The Morgan fingerprint density at radius 2 is 1.92 bits per heavy atom.